The fourth-order valence-electron chi connectivity index (χ4n) is 3.33. The van der Waals surface area contributed by atoms with Gasteiger partial charge in [0.1, 0.15) is 5.82 Å². The highest BCUT2D eigenvalue weighted by atomic mass is 15.2. The van der Waals surface area contributed by atoms with E-state index in [1.54, 1.807) is 0 Å². The molecule has 1 aliphatic carbocycles. The Morgan fingerprint density at radius 2 is 2.04 bits per heavy atom. The summed E-state index contributed by atoms with van der Waals surface area (Å²) in [7, 11) is 0. The number of aromatic nitrogens is 5. The molecule has 5 rings (SSSR count). The first-order valence-corrected chi connectivity index (χ1v) is 9.21. The molecule has 1 aliphatic rings. The van der Waals surface area contributed by atoms with Gasteiger partial charge in [0.15, 0.2) is 5.82 Å². The third-order valence-electron chi connectivity index (χ3n) is 4.85. The van der Waals surface area contributed by atoms with Gasteiger partial charge in [0, 0.05) is 53.1 Å². The maximum Gasteiger partial charge on any atom is 0.225 e. The summed E-state index contributed by atoms with van der Waals surface area (Å²) in [5.41, 5.74) is 4.43. The largest absolute Gasteiger partial charge is 0.361 e. The van der Waals surface area contributed by atoms with Crippen LogP contribution < -0.4 is 10.6 Å². The fraction of sp³-hybridized carbons (Fsp3) is 0.250. The van der Waals surface area contributed by atoms with Crippen LogP contribution in [0.4, 0.5) is 17.6 Å². The van der Waals surface area contributed by atoms with E-state index in [9.17, 15) is 0 Å². The number of fused-ring (bicyclic) bond motifs is 1. The number of nitrogens with zero attached hydrogens (tertiary/aromatic N) is 3. The Morgan fingerprint density at radius 3 is 2.93 bits per heavy atom. The molecule has 0 bridgehead atoms. The smallest absolute Gasteiger partial charge is 0.225 e. The molecule has 1 saturated carbocycles. The molecule has 4 aromatic rings. The molecular formula is C20H21N7. The van der Waals surface area contributed by atoms with Gasteiger partial charge in [0.25, 0.3) is 0 Å². The maximum atomic E-state index is 4.59. The molecule has 27 heavy (non-hydrogen) atoms. The van der Waals surface area contributed by atoms with Gasteiger partial charge in [-0.05, 0) is 37.5 Å². The first-order valence-electron chi connectivity index (χ1n) is 9.21. The molecule has 0 radical (unpaired) electrons. The Kier molecular flexibility index (Phi) is 3.78. The number of anilines is 3. The summed E-state index contributed by atoms with van der Waals surface area (Å²) in [6.07, 6.45) is 4.45. The molecule has 3 aromatic heterocycles. The van der Waals surface area contributed by atoms with E-state index in [0.29, 0.717) is 18.4 Å². The number of aryl methyl sites for hydroxylation is 1. The van der Waals surface area contributed by atoms with E-state index in [-0.39, 0.29) is 0 Å². The standard InChI is InChI=1S/C20H21N7/c1-12-9-18(24-19-10-17(26-27-19)13-5-6-13)25-20(23-12)22-11-14-3-2-4-16-15(14)7-8-21-16/h2-4,7-10,13,21H,5-6,11H2,1H3,(H3,22,23,24,25,26,27). The number of hydrogen-bond acceptors (Lipinski definition) is 5. The lowest BCUT2D eigenvalue weighted by Gasteiger charge is -2.09. The van der Waals surface area contributed by atoms with Crippen molar-refractivity contribution < 1.29 is 0 Å². The summed E-state index contributed by atoms with van der Waals surface area (Å²) in [5, 5.41) is 15.3. The minimum atomic E-state index is 0.600. The average molecular weight is 359 g/mol. The van der Waals surface area contributed by atoms with E-state index in [0.717, 1.165) is 22.8 Å². The van der Waals surface area contributed by atoms with Gasteiger partial charge in [-0.15, -0.1) is 0 Å². The van der Waals surface area contributed by atoms with Gasteiger partial charge >= 0.3 is 0 Å². The van der Waals surface area contributed by atoms with Crippen molar-refractivity contribution >= 4 is 28.5 Å². The van der Waals surface area contributed by atoms with Crippen molar-refractivity contribution in [2.45, 2.75) is 32.2 Å². The van der Waals surface area contributed by atoms with Crippen LogP contribution in [0.5, 0.6) is 0 Å². The summed E-state index contributed by atoms with van der Waals surface area (Å²) in [4.78, 5) is 12.3. The van der Waals surface area contributed by atoms with E-state index in [2.05, 4.69) is 66.1 Å². The topological polar surface area (TPSA) is 94.3 Å². The highest BCUT2D eigenvalue weighted by Gasteiger charge is 2.25. The van der Waals surface area contributed by atoms with Crippen LogP contribution >= 0.6 is 0 Å². The SMILES string of the molecule is Cc1cc(Nc2cc(C3CC3)[nH]n2)nc(NCc2cccc3[nH]ccc23)n1. The highest BCUT2D eigenvalue weighted by Crippen LogP contribution is 2.39. The molecule has 0 saturated heterocycles. The second-order valence-corrected chi connectivity index (χ2v) is 7.04. The fourth-order valence-corrected chi connectivity index (χ4v) is 3.33. The molecule has 1 aromatic carbocycles. The van der Waals surface area contributed by atoms with Crippen molar-refractivity contribution in [3.05, 3.63) is 59.5 Å². The molecule has 0 amide bonds. The first kappa shape index (κ1) is 15.9. The van der Waals surface area contributed by atoms with Crippen molar-refractivity contribution in [1.29, 1.82) is 0 Å². The Bertz CT molecular complexity index is 1090. The van der Waals surface area contributed by atoms with Crippen LogP contribution in [0, 0.1) is 6.92 Å². The quantitative estimate of drug-likeness (QED) is 0.413. The molecule has 0 unspecified atom stereocenters. The monoisotopic (exact) mass is 359 g/mol. The van der Waals surface area contributed by atoms with Gasteiger partial charge in [-0.1, -0.05) is 12.1 Å². The maximum absolute atomic E-state index is 4.59. The van der Waals surface area contributed by atoms with Crippen molar-refractivity contribution in [3.63, 3.8) is 0 Å². The number of nitrogens with one attached hydrogen (secondary N) is 4. The van der Waals surface area contributed by atoms with Crippen molar-refractivity contribution in [3.8, 4) is 0 Å². The summed E-state index contributed by atoms with van der Waals surface area (Å²) in [5.74, 6) is 2.77. The van der Waals surface area contributed by atoms with Crippen LogP contribution in [-0.2, 0) is 6.54 Å². The Hall–Kier alpha value is -3.35. The number of H-pyrrole nitrogens is 2. The van der Waals surface area contributed by atoms with Gasteiger partial charge in [0.05, 0.1) is 0 Å². The second-order valence-electron chi connectivity index (χ2n) is 7.04. The van der Waals surface area contributed by atoms with E-state index >= 15 is 0 Å². The molecule has 136 valence electrons. The second kappa shape index (κ2) is 6.42. The number of hydrogen-bond donors (Lipinski definition) is 4. The van der Waals surface area contributed by atoms with Gasteiger partial charge in [0.2, 0.25) is 5.95 Å². The van der Waals surface area contributed by atoms with Crippen LogP contribution in [0.3, 0.4) is 0 Å². The molecule has 0 spiro atoms. The minimum Gasteiger partial charge on any atom is -0.361 e. The lowest BCUT2D eigenvalue weighted by atomic mass is 10.1. The van der Waals surface area contributed by atoms with Crippen LogP contribution in [0.1, 0.15) is 35.7 Å². The third kappa shape index (κ3) is 3.36. The van der Waals surface area contributed by atoms with E-state index in [4.69, 9.17) is 0 Å². The Morgan fingerprint density at radius 1 is 1.11 bits per heavy atom. The summed E-state index contributed by atoms with van der Waals surface area (Å²) >= 11 is 0. The van der Waals surface area contributed by atoms with E-state index in [1.165, 1.54) is 29.5 Å². The van der Waals surface area contributed by atoms with Crippen LogP contribution in [-0.4, -0.2) is 25.1 Å². The minimum absolute atomic E-state index is 0.600. The number of aromatic amines is 2. The molecule has 7 heteroatoms. The van der Waals surface area contributed by atoms with Gasteiger partial charge < -0.3 is 15.6 Å². The number of rotatable bonds is 6. The van der Waals surface area contributed by atoms with Gasteiger partial charge in [-0.25, -0.2) is 4.98 Å². The number of benzene rings is 1. The Balaban J connectivity index is 1.33. The summed E-state index contributed by atoms with van der Waals surface area (Å²) in [6, 6.07) is 12.3. The lowest BCUT2D eigenvalue weighted by molar-refractivity contribution is 0.965. The van der Waals surface area contributed by atoms with Crippen LogP contribution in [0.25, 0.3) is 10.9 Å². The third-order valence-corrected chi connectivity index (χ3v) is 4.85. The zero-order chi connectivity index (χ0) is 18.2. The molecular weight excluding hydrogens is 338 g/mol. The predicted molar refractivity (Wildman–Crippen MR) is 106 cm³/mol. The lowest BCUT2D eigenvalue weighted by Crippen LogP contribution is -2.06. The van der Waals surface area contributed by atoms with Crippen LogP contribution in [0.2, 0.25) is 0 Å². The zero-order valence-electron chi connectivity index (χ0n) is 15.1. The average Bonchev–Trinajstić information content (AvgIpc) is 3.20. The molecule has 0 aliphatic heterocycles. The highest BCUT2D eigenvalue weighted by molar-refractivity contribution is 5.83. The molecule has 7 nitrogen and oxygen atoms in total. The van der Waals surface area contributed by atoms with Gasteiger partial charge in [-0.2, -0.15) is 10.1 Å². The molecule has 4 N–H and O–H groups in total. The summed E-state index contributed by atoms with van der Waals surface area (Å²) in [6.45, 7) is 2.62. The molecule has 0 atom stereocenters. The molecule has 3 heterocycles. The summed E-state index contributed by atoms with van der Waals surface area (Å²) < 4.78 is 0. The van der Waals surface area contributed by atoms with Gasteiger partial charge in [-0.3, -0.25) is 5.10 Å². The molecule has 1 fully saturated rings. The van der Waals surface area contributed by atoms with Crippen molar-refractivity contribution in [2.24, 2.45) is 0 Å². The first-order chi connectivity index (χ1) is 13.2. The Labute approximate surface area is 156 Å². The van der Waals surface area contributed by atoms with Crippen molar-refractivity contribution in [1.82, 2.24) is 25.1 Å². The van der Waals surface area contributed by atoms with Crippen molar-refractivity contribution in [2.75, 3.05) is 10.6 Å². The van der Waals surface area contributed by atoms with E-state index < -0.39 is 0 Å². The zero-order valence-corrected chi connectivity index (χ0v) is 15.1. The van der Waals surface area contributed by atoms with Crippen LogP contribution in [0.15, 0.2) is 42.6 Å². The normalized spacial score (nSPS) is 13.8. The predicted octanol–water partition coefficient (Wildman–Crippen LogP) is 4.22. The van der Waals surface area contributed by atoms with E-state index in [1.807, 2.05) is 19.2 Å².